The molecule has 0 bridgehead atoms. The monoisotopic (exact) mass is 315 g/mol. The van der Waals surface area contributed by atoms with Crippen LogP contribution in [0.3, 0.4) is 0 Å². The molecule has 1 atom stereocenters. The van der Waals surface area contributed by atoms with E-state index in [0.29, 0.717) is 0 Å². The van der Waals surface area contributed by atoms with Crippen molar-refractivity contribution in [1.82, 2.24) is 14.9 Å². The van der Waals surface area contributed by atoms with E-state index in [1.165, 1.54) is 18.3 Å². The Bertz CT molecular complexity index is 719. The van der Waals surface area contributed by atoms with E-state index in [-0.39, 0.29) is 10.6 Å². The molecule has 2 heterocycles. The lowest BCUT2D eigenvalue weighted by Gasteiger charge is -2.12. The smallest absolute Gasteiger partial charge is 0.357 e. The number of carbonyl (C=O) groups is 1. The summed E-state index contributed by atoms with van der Waals surface area (Å²) in [5, 5.41) is 16.7. The Labute approximate surface area is 119 Å². The largest absolute Gasteiger partial charge is 0.476 e. The highest BCUT2D eigenvalue weighted by Gasteiger charge is 2.29. The van der Waals surface area contributed by atoms with Gasteiger partial charge in [-0.15, -0.1) is 11.3 Å². The van der Waals surface area contributed by atoms with Crippen LogP contribution in [-0.2, 0) is 10.0 Å². The Hall–Kier alpha value is -1.71. The van der Waals surface area contributed by atoms with Gasteiger partial charge in [0.05, 0.1) is 11.7 Å². The van der Waals surface area contributed by atoms with Crippen molar-refractivity contribution in [2.24, 2.45) is 0 Å². The molecule has 0 spiro atoms. The standard InChI is InChI=1S/C11H13N3O4S2/c1-6(8-4-3-5-19-8)14-20(17,18)10-7(2)12-13-9(10)11(15)16/h3-6,14H,1-2H3,(H,12,13)(H,15,16). The molecule has 0 aliphatic carbocycles. The van der Waals surface area contributed by atoms with Gasteiger partial charge in [-0.05, 0) is 25.3 Å². The number of aromatic carboxylic acids is 1. The molecule has 20 heavy (non-hydrogen) atoms. The highest BCUT2D eigenvalue weighted by Crippen LogP contribution is 2.23. The molecule has 0 aromatic carbocycles. The van der Waals surface area contributed by atoms with Gasteiger partial charge in [0.15, 0.2) is 5.69 Å². The first-order valence-electron chi connectivity index (χ1n) is 5.67. The minimum absolute atomic E-state index is 0.188. The predicted molar refractivity (Wildman–Crippen MR) is 73.3 cm³/mol. The van der Waals surface area contributed by atoms with Crippen LogP contribution in [0.4, 0.5) is 0 Å². The maximum atomic E-state index is 12.3. The molecule has 9 heteroatoms. The average molecular weight is 315 g/mol. The van der Waals surface area contributed by atoms with Gasteiger partial charge in [-0.3, -0.25) is 5.10 Å². The van der Waals surface area contributed by atoms with Crippen LogP contribution >= 0.6 is 11.3 Å². The first kappa shape index (κ1) is 14.7. The van der Waals surface area contributed by atoms with Crippen molar-refractivity contribution in [2.75, 3.05) is 0 Å². The molecule has 0 radical (unpaired) electrons. The average Bonchev–Trinajstić information content (AvgIpc) is 2.96. The Kier molecular flexibility index (Phi) is 3.93. The molecule has 0 aliphatic rings. The summed E-state index contributed by atoms with van der Waals surface area (Å²) >= 11 is 1.42. The number of carboxylic acids is 1. The number of H-pyrrole nitrogens is 1. The molecule has 0 amide bonds. The fourth-order valence-electron chi connectivity index (χ4n) is 1.78. The van der Waals surface area contributed by atoms with Crippen LogP contribution in [0.2, 0.25) is 0 Å². The second-order valence-electron chi connectivity index (χ2n) is 4.19. The van der Waals surface area contributed by atoms with Crippen molar-refractivity contribution in [3.8, 4) is 0 Å². The Morgan fingerprint density at radius 1 is 1.55 bits per heavy atom. The number of carboxylic acid groups (broad SMARTS) is 1. The number of hydrogen-bond donors (Lipinski definition) is 3. The highest BCUT2D eigenvalue weighted by molar-refractivity contribution is 7.89. The number of hydrogen-bond acceptors (Lipinski definition) is 5. The van der Waals surface area contributed by atoms with Crippen molar-refractivity contribution in [1.29, 1.82) is 0 Å². The second kappa shape index (κ2) is 5.35. The van der Waals surface area contributed by atoms with Gasteiger partial charge in [0.2, 0.25) is 10.0 Å². The Morgan fingerprint density at radius 2 is 2.25 bits per heavy atom. The molecule has 0 saturated carbocycles. The zero-order valence-corrected chi connectivity index (χ0v) is 12.4. The van der Waals surface area contributed by atoms with Crippen LogP contribution in [-0.4, -0.2) is 29.7 Å². The predicted octanol–water partition coefficient (Wildman–Crippen LogP) is 1.52. The highest BCUT2D eigenvalue weighted by atomic mass is 32.2. The van der Waals surface area contributed by atoms with Gasteiger partial charge < -0.3 is 5.11 Å². The van der Waals surface area contributed by atoms with Crippen LogP contribution in [0.1, 0.15) is 34.0 Å². The van der Waals surface area contributed by atoms with Gasteiger partial charge in [0.1, 0.15) is 4.90 Å². The van der Waals surface area contributed by atoms with Crippen molar-refractivity contribution in [3.05, 3.63) is 33.8 Å². The second-order valence-corrected chi connectivity index (χ2v) is 6.82. The summed E-state index contributed by atoms with van der Waals surface area (Å²) in [6.45, 7) is 3.16. The van der Waals surface area contributed by atoms with E-state index in [1.54, 1.807) is 13.0 Å². The van der Waals surface area contributed by atoms with Crippen LogP contribution in [0.25, 0.3) is 0 Å². The molecular weight excluding hydrogens is 302 g/mol. The van der Waals surface area contributed by atoms with E-state index in [1.807, 2.05) is 11.4 Å². The van der Waals surface area contributed by atoms with E-state index in [4.69, 9.17) is 5.11 Å². The van der Waals surface area contributed by atoms with Gasteiger partial charge in [-0.25, -0.2) is 17.9 Å². The minimum Gasteiger partial charge on any atom is -0.476 e. The number of aromatic nitrogens is 2. The molecule has 7 nitrogen and oxygen atoms in total. The van der Waals surface area contributed by atoms with Crippen LogP contribution < -0.4 is 4.72 Å². The van der Waals surface area contributed by atoms with E-state index in [0.717, 1.165) is 4.88 Å². The maximum absolute atomic E-state index is 12.3. The molecular formula is C11H13N3O4S2. The lowest BCUT2D eigenvalue weighted by Crippen LogP contribution is -2.28. The van der Waals surface area contributed by atoms with E-state index in [9.17, 15) is 13.2 Å². The number of rotatable bonds is 5. The molecule has 0 aliphatic heterocycles. The molecule has 1 unspecified atom stereocenters. The third kappa shape index (κ3) is 2.74. The topological polar surface area (TPSA) is 112 Å². The summed E-state index contributed by atoms with van der Waals surface area (Å²) in [5.41, 5.74) is -0.318. The summed E-state index contributed by atoms with van der Waals surface area (Å²) in [5.74, 6) is -1.39. The first-order valence-corrected chi connectivity index (χ1v) is 8.03. The summed E-state index contributed by atoms with van der Waals surface area (Å²) in [7, 11) is -3.97. The lowest BCUT2D eigenvalue weighted by atomic mass is 10.3. The summed E-state index contributed by atoms with van der Waals surface area (Å²) < 4.78 is 27.1. The fraction of sp³-hybridized carbons (Fsp3) is 0.273. The SMILES string of the molecule is Cc1[nH]nc(C(=O)O)c1S(=O)(=O)NC(C)c1cccs1. The van der Waals surface area contributed by atoms with Gasteiger partial charge >= 0.3 is 5.97 Å². The van der Waals surface area contributed by atoms with Crippen molar-refractivity contribution in [3.63, 3.8) is 0 Å². The number of aryl methyl sites for hydroxylation is 1. The van der Waals surface area contributed by atoms with Gasteiger partial charge in [0, 0.05) is 4.88 Å². The minimum atomic E-state index is -3.97. The van der Waals surface area contributed by atoms with Crippen molar-refractivity contribution in [2.45, 2.75) is 24.8 Å². The third-order valence-corrected chi connectivity index (χ3v) is 5.42. The molecule has 2 rings (SSSR count). The Balaban J connectivity index is 2.36. The lowest BCUT2D eigenvalue weighted by molar-refractivity contribution is 0.0686. The van der Waals surface area contributed by atoms with Gasteiger partial charge in [0.25, 0.3) is 0 Å². The summed E-state index contributed by atoms with van der Waals surface area (Å²) in [4.78, 5) is 11.5. The van der Waals surface area contributed by atoms with E-state index >= 15 is 0 Å². The molecule has 0 saturated heterocycles. The number of thiophene rings is 1. The van der Waals surface area contributed by atoms with Crippen molar-refractivity contribution < 1.29 is 18.3 Å². The van der Waals surface area contributed by atoms with Crippen LogP contribution in [0.5, 0.6) is 0 Å². The third-order valence-electron chi connectivity index (χ3n) is 2.66. The zero-order chi connectivity index (χ0) is 14.9. The molecule has 0 fully saturated rings. The zero-order valence-electron chi connectivity index (χ0n) is 10.7. The number of sulfonamides is 1. The molecule has 2 aromatic heterocycles. The normalized spacial score (nSPS) is 13.3. The number of nitrogens with one attached hydrogen (secondary N) is 2. The van der Waals surface area contributed by atoms with E-state index in [2.05, 4.69) is 14.9 Å². The summed E-state index contributed by atoms with van der Waals surface area (Å²) in [6.07, 6.45) is 0. The first-order chi connectivity index (χ1) is 9.33. The maximum Gasteiger partial charge on any atom is 0.357 e. The van der Waals surface area contributed by atoms with Gasteiger partial charge in [-0.2, -0.15) is 5.10 Å². The molecule has 2 aromatic rings. The van der Waals surface area contributed by atoms with Crippen LogP contribution in [0.15, 0.2) is 22.4 Å². The Morgan fingerprint density at radius 3 is 2.80 bits per heavy atom. The number of aromatic amines is 1. The molecule has 3 N–H and O–H groups in total. The van der Waals surface area contributed by atoms with Gasteiger partial charge in [-0.1, -0.05) is 6.07 Å². The fourth-order valence-corrected chi connectivity index (χ4v) is 4.14. The van der Waals surface area contributed by atoms with Crippen molar-refractivity contribution >= 4 is 27.3 Å². The van der Waals surface area contributed by atoms with Crippen LogP contribution in [0, 0.1) is 6.92 Å². The number of nitrogens with zero attached hydrogens (tertiary/aromatic N) is 1. The van der Waals surface area contributed by atoms with E-state index < -0.39 is 27.7 Å². The quantitative estimate of drug-likeness (QED) is 0.774. The molecule has 108 valence electrons. The summed E-state index contributed by atoms with van der Waals surface area (Å²) in [6, 6.07) is 3.17.